The minimum Gasteiger partial charge on any atom is -0.489 e. The van der Waals surface area contributed by atoms with Gasteiger partial charge in [-0.1, -0.05) is 36.4 Å². The number of carbonyl (C=O) groups is 2. The Labute approximate surface area is 183 Å². The van der Waals surface area contributed by atoms with Crippen LogP contribution >= 0.6 is 0 Å². The van der Waals surface area contributed by atoms with E-state index in [1.807, 2.05) is 30.3 Å². The van der Waals surface area contributed by atoms with E-state index in [1.54, 1.807) is 24.3 Å². The zero-order valence-corrected chi connectivity index (χ0v) is 17.7. The molecule has 6 rings (SSSR count). The van der Waals surface area contributed by atoms with Gasteiger partial charge in [0.2, 0.25) is 0 Å². The highest BCUT2D eigenvalue weighted by Crippen LogP contribution is 2.55. The average molecular weight is 420 g/mol. The Balaban J connectivity index is 1.13. The number of amides is 1. The van der Waals surface area contributed by atoms with Crippen LogP contribution in [0.25, 0.3) is 0 Å². The lowest BCUT2D eigenvalue weighted by Gasteiger charge is -2.56. The van der Waals surface area contributed by atoms with E-state index in [0.717, 1.165) is 42.6 Å². The second-order valence-corrected chi connectivity index (χ2v) is 9.62. The molecule has 0 saturated heterocycles. The van der Waals surface area contributed by atoms with Crippen LogP contribution in [0.3, 0.4) is 0 Å². The summed E-state index contributed by atoms with van der Waals surface area (Å²) in [6, 6.07) is 16.7. The third-order valence-electron chi connectivity index (χ3n) is 7.10. The first-order valence-corrected chi connectivity index (χ1v) is 11.3. The van der Waals surface area contributed by atoms with Crippen molar-refractivity contribution in [2.75, 3.05) is 6.61 Å². The van der Waals surface area contributed by atoms with Crippen molar-refractivity contribution in [3.05, 3.63) is 65.7 Å². The van der Waals surface area contributed by atoms with Crippen molar-refractivity contribution < 1.29 is 19.1 Å². The molecule has 2 aromatic carbocycles. The van der Waals surface area contributed by atoms with Crippen LogP contribution in [0.4, 0.5) is 0 Å². The fourth-order valence-electron chi connectivity index (χ4n) is 6.26. The van der Waals surface area contributed by atoms with Crippen molar-refractivity contribution in [2.24, 2.45) is 17.8 Å². The number of rotatable bonds is 7. The molecule has 0 aromatic heterocycles. The zero-order valence-electron chi connectivity index (χ0n) is 17.7. The molecule has 0 unspecified atom stereocenters. The van der Waals surface area contributed by atoms with Crippen LogP contribution in [0, 0.1) is 17.8 Å². The average Bonchev–Trinajstić information content (AvgIpc) is 2.76. The maximum Gasteiger partial charge on any atom is 0.338 e. The highest BCUT2D eigenvalue weighted by molar-refractivity contribution is 5.91. The van der Waals surface area contributed by atoms with Gasteiger partial charge >= 0.3 is 5.97 Å². The molecule has 4 saturated carbocycles. The Morgan fingerprint density at radius 1 is 0.903 bits per heavy atom. The van der Waals surface area contributed by atoms with E-state index in [0.29, 0.717) is 17.9 Å². The molecule has 0 atom stereocenters. The Bertz CT molecular complexity index is 920. The Hall–Kier alpha value is -2.82. The van der Waals surface area contributed by atoms with Crippen LogP contribution in [0.5, 0.6) is 5.75 Å². The molecule has 5 heteroatoms. The number of carbonyl (C=O) groups excluding carboxylic acids is 2. The lowest BCUT2D eigenvalue weighted by molar-refractivity contribution is -0.130. The van der Waals surface area contributed by atoms with Gasteiger partial charge in [0.1, 0.15) is 12.4 Å². The quantitative estimate of drug-likeness (QED) is 0.671. The van der Waals surface area contributed by atoms with Gasteiger partial charge in [0.15, 0.2) is 6.61 Å². The van der Waals surface area contributed by atoms with E-state index in [1.165, 1.54) is 19.3 Å². The largest absolute Gasteiger partial charge is 0.489 e. The van der Waals surface area contributed by atoms with E-state index in [-0.39, 0.29) is 18.1 Å². The van der Waals surface area contributed by atoms with Gasteiger partial charge in [0.05, 0.1) is 5.56 Å². The maximum absolute atomic E-state index is 12.6. The first-order chi connectivity index (χ1) is 15.1. The molecule has 4 aliphatic rings. The summed E-state index contributed by atoms with van der Waals surface area (Å²) in [4.78, 5) is 25.1. The van der Waals surface area contributed by atoms with E-state index in [9.17, 15) is 9.59 Å². The molecule has 0 spiro atoms. The second kappa shape index (κ2) is 8.37. The lowest BCUT2D eigenvalue weighted by Crippen LogP contribution is -2.60. The summed E-state index contributed by atoms with van der Waals surface area (Å²) >= 11 is 0. The SMILES string of the molecule is O=C(COC(=O)c1cccc(OCc2ccccc2)c1)NC12CC3CC(CC(C3)C1)C2. The summed E-state index contributed by atoms with van der Waals surface area (Å²) in [5.41, 5.74) is 1.37. The predicted octanol–water partition coefficient (Wildman–Crippen LogP) is 4.51. The van der Waals surface area contributed by atoms with Crippen LogP contribution in [0.15, 0.2) is 54.6 Å². The molecule has 0 heterocycles. The van der Waals surface area contributed by atoms with Crippen molar-refractivity contribution >= 4 is 11.9 Å². The monoisotopic (exact) mass is 419 g/mol. The van der Waals surface area contributed by atoms with Gasteiger partial charge in [-0.05, 0) is 80.0 Å². The number of hydrogen-bond acceptors (Lipinski definition) is 4. The molecule has 4 bridgehead atoms. The number of ether oxygens (including phenoxy) is 2. The predicted molar refractivity (Wildman–Crippen MR) is 117 cm³/mol. The molecular weight excluding hydrogens is 390 g/mol. The Morgan fingerprint density at radius 3 is 2.26 bits per heavy atom. The van der Waals surface area contributed by atoms with Gasteiger partial charge in [-0.15, -0.1) is 0 Å². The molecule has 4 fully saturated rings. The number of nitrogens with one attached hydrogen (secondary N) is 1. The van der Waals surface area contributed by atoms with Crippen molar-refractivity contribution in [3.63, 3.8) is 0 Å². The summed E-state index contributed by atoms with van der Waals surface area (Å²) in [6.07, 6.45) is 7.23. The normalized spacial score (nSPS) is 28.2. The maximum atomic E-state index is 12.6. The molecule has 31 heavy (non-hydrogen) atoms. The lowest BCUT2D eigenvalue weighted by atomic mass is 9.53. The summed E-state index contributed by atoms with van der Waals surface area (Å²) in [5.74, 6) is 2.17. The van der Waals surface area contributed by atoms with Gasteiger partial charge in [0.25, 0.3) is 5.91 Å². The highest BCUT2D eigenvalue weighted by atomic mass is 16.5. The van der Waals surface area contributed by atoms with Crippen LogP contribution in [0.1, 0.15) is 54.4 Å². The number of hydrogen-bond donors (Lipinski definition) is 1. The highest BCUT2D eigenvalue weighted by Gasteiger charge is 2.51. The third-order valence-corrected chi connectivity index (χ3v) is 7.10. The van der Waals surface area contributed by atoms with E-state index < -0.39 is 5.97 Å². The summed E-state index contributed by atoms with van der Waals surface area (Å²) in [5, 5.41) is 3.24. The van der Waals surface area contributed by atoms with Gasteiger partial charge in [-0.3, -0.25) is 4.79 Å². The molecule has 0 aliphatic heterocycles. The first-order valence-electron chi connectivity index (χ1n) is 11.3. The van der Waals surface area contributed by atoms with E-state index in [4.69, 9.17) is 9.47 Å². The van der Waals surface area contributed by atoms with Gasteiger partial charge in [-0.2, -0.15) is 0 Å². The third kappa shape index (κ3) is 4.60. The Morgan fingerprint density at radius 2 is 1.58 bits per heavy atom. The fraction of sp³-hybridized carbons (Fsp3) is 0.462. The minimum atomic E-state index is -0.508. The van der Waals surface area contributed by atoms with Crippen LogP contribution in [-0.4, -0.2) is 24.0 Å². The molecule has 4 aliphatic carbocycles. The van der Waals surface area contributed by atoms with Gasteiger partial charge in [-0.25, -0.2) is 4.79 Å². The second-order valence-electron chi connectivity index (χ2n) is 9.62. The van der Waals surface area contributed by atoms with E-state index >= 15 is 0 Å². The van der Waals surface area contributed by atoms with E-state index in [2.05, 4.69) is 5.32 Å². The summed E-state index contributed by atoms with van der Waals surface area (Å²) in [6.45, 7) is 0.183. The molecule has 0 radical (unpaired) electrons. The molecule has 1 N–H and O–H groups in total. The summed E-state index contributed by atoms with van der Waals surface area (Å²) in [7, 11) is 0. The van der Waals surface area contributed by atoms with Crippen molar-refractivity contribution in [1.82, 2.24) is 5.32 Å². The standard InChI is InChI=1S/C26H29NO4/c28-24(27-26-13-19-9-20(14-26)11-21(10-19)15-26)17-31-25(29)22-7-4-8-23(12-22)30-16-18-5-2-1-3-6-18/h1-8,12,19-21H,9-11,13-17H2,(H,27,28). The summed E-state index contributed by atoms with van der Waals surface area (Å²) < 4.78 is 11.1. The number of esters is 1. The van der Waals surface area contributed by atoms with Crippen LogP contribution in [-0.2, 0) is 16.1 Å². The van der Waals surface area contributed by atoms with Gasteiger partial charge < -0.3 is 14.8 Å². The van der Waals surface area contributed by atoms with Crippen LogP contribution in [0.2, 0.25) is 0 Å². The van der Waals surface area contributed by atoms with Crippen molar-refractivity contribution in [2.45, 2.75) is 50.7 Å². The molecular formula is C26H29NO4. The molecule has 162 valence electrons. The van der Waals surface area contributed by atoms with Gasteiger partial charge in [0, 0.05) is 5.54 Å². The smallest absolute Gasteiger partial charge is 0.338 e. The molecule has 5 nitrogen and oxygen atoms in total. The van der Waals surface area contributed by atoms with Crippen molar-refractivity contribution in [3.8, 4) is 5.75 Å². The fourth-order valence-corrected chi connectivity index (χ4v) is 6.26. The molecule has 1 amide bonds. The topological polar surface area (TPSA) is 64.6 Å². The first kappa shape index (κ1) is 20.1. The minimum absolute atomic E-state index is 0.0660. The van der Waals surface area contributed by atoms with Crippen LogP contribution < -0.4 is 10.1 Å². The molecule has 2 aromatic rings. The zero-order chi connectivity index (χ0) is 21.3. The van der Waals surface area contributed by atoms with Crippen molar-refractivity contribution in [1.29, 1.82) is 0 Å². The Kier molecular flexibility index (Phi) is 5.43. The number of benzene rings is 2.